The molecule has 0 radical (unpaired) electrons. The predicted octanol–water partition coefficient (Wildman–Crippen LogP) is 2.62. The van der Waals surface area contributed by atoms with Crippen LogP contribution in [0.15, 0.2) is 48.8 Å². The van der Waals surface area contributed by atoms with E-state index in [9.17, 15) is 9.18 Å². The molecule has 0 N–H and O–H groups in total. The summed E-state index contributed by atoms with van der Waals surface area (Å²) >= 11 is 0. The van der Waals surface area contributed by atoms with E-state index in [0.29, 0.717) is 39.0 Å². The Morgan fingerprint density at radius 1 is 1.25 bits per heavy atom. The number of aromatic nitrogens is 1. The Bertz CT molecular complexity index is 661. The minimum Gasteiger partial charge on any atom is -0.374 e. The summed E-state index contributed by atoms with van der Waals surface area (Å²) in [4.78, 5) is 18.4. The molecule has 1 aromatic carbocycles. The highest BCUT2D eigenvalue weighted by Gasteiger charge is 2.24. The minimum absolute atomic E-state index is 0.0356. The normalized spacial score (nSPS) is 17.7. The molecule has 1 aliphatic rings. The highest BCUT2D eigenvalue weighted by Crippen LogP contribution is 2.14. The van der Waals surface area contributed by atoms with E-state index in [0.717, 1.165) is 11.1 Å². The van der Waals surface area contributed by atoms with E-state index in [1.54, 1.807) is 24.5 Å². The van der Waals surface area contributed by atoms with Crippen molar-refractivity contribution in [2.75, 3.05) is 19.7 Å². The zero-order valence-electron chi connectivity index (χ0n) is 13.5. The lowest BCUT2D eigenvalue weighted by molar-refractivity contribution is -0.138. The molecule has 1 fully saturated rings. The van der Waals surface area contributed by atoms with E-state index in [1.165, 1.54) is 12.1 Å². The van der Waals surface area contributed by atoms with Crippen molar-refractivity contribution in [3.05, 3.63) is 65.7 Å². The van der Waals surface area contributed by atoms with Gasteiger partial charge in [0.15, 0.2) is 0 Å². The fourth-order valence-corrected chi connectivity index (χ4v) is 2.91. The Morgan fingerprint density at radius 2 is 2.08 bits per heavy atom. The second-order valence-electron chi connectivity index (χ2n) is 6.02. The molecule has 1 aliphatic heterocycles. The summed E-state index contributed by atoms with van der Waals surface area (Å²) in [6.07, 6.45) is 5.36. The Morgan fingerprint density at radius 3 is 2.83 bits per heavy atom. The van der Waals surface area contributed by atoms with Crippen LogP contribution in [0, 0.1) is 5.82 Å². The third-order valence-corrected chi connectivity index (χ3v) is 4.22. The molecule has 0 unspecified atom stereocenters. The number of benzene rings is 1. The number of nitrogens with zero attached hydrogens (tertiary/aromatic N) is 2. The lowest BCUT2D eigenvalue weighted by Crippen LogP contribution is -2.46. The van der Waals surface area contributed by atoms with Crippen LogP contribution in [0.5, 0.6) is 0 Å². The zero-order valence-corrected chi connectivity index (χ0v) is 13.5. The average Bonchev–Trinajstić information content (AvgIpc) is 2.63. The van der Waals surface area contributed by atoms with Gasteiger partial charge in [-0.05, 0) is 35.7 Å². The quantitative estimate of drug-likeness (QED) is 0.847. The van der Waals surface area contributed by atoms with Crippen LogP contribution in [0.25, 0.3) is 0 Å². The number of aryl methyl sites for hydroxylation is 1. The molecule has 2 heterocycles. The first-order valence-corrected chi connectivity index (χ1v) is 8.23. The molecule has 5 heteroatoms. The summed E-state index contributed by atoms with van der Waals surface area (Å²) in [7, 11) is 0. The van der Waals surface area contributed by atoms with Crippen LogP contribution in [-0.4, -0.2) is 41.6 Å². The second-order valence-corrected chi connectivity index (χ2v) is 6.02. The minimum atomic E-state index is -0.240. The van der Waals surface area contributed by atoms with Crippen molar-refractivity contribution in [2.45, 2.75) is 25.4 Å². The van der Waals surface area contributed by atoms with E-state index in [1.807, 2.05) is 17.0 Å². The van der Waals surface area contributed by atoms with Gasteiger partial charge >= 0.3 is 0 Å². The molecule has 3 rings (SSSR count). The molecule has 0 aliphatic carbocycles. The molecule has 1 saturated heterocycles. The topological polar surface area (TPSA) is 42.4 Å². The van der Waals surface area contributed by atoms with Gasteiger partial charge < -0.3 is 9.64 Å². The van der Waals surface area contributed by atoms with Crippen molar-refractivity contribution in [3.8, 4) is 0 Å². The largest absolute Gasteiger partial charge is 0.374 e. The summed E-state index contributed by atoms with van der Waals surface area (Å²) in [6, 6.07) is 10.3. The number of carbonyl (C=O) groups excluding carboxylic acids is 1. The maximum atomic E-state index is 13.0. The van der Waals surface area contributed by atoms with E-state index < -0.39 is 0 Å². The zero-order chi connectivity index (χ0) is 16.8. The Balaban J connectivity index is 1.51. The van der Waals surface area contributed by atoms with Gasteiger partial charge in [0.05, 0.1) is 12.7 Å². The summed E-state index contributed by atoms with van der Waals surface area (Å²) in [5, 5.41) is 0. The van der Waals surface area contributed by atoms with Crippen molar-refractivity contribution >= 4 is 5.91 Å². The number of halogens is 1. The van der Waals surface area contributed by atoms with Crippen molar-refractivity contribution < 1.29 is 13.9 Å². The molecular formula is C19H21FN2O2. The van der Waals surface area contributed by atoms with E-state index in [-0.39, 0.29) is 17.8 Å². The van der Waals surface area contributed by atoms with Crippen molar-refractivity contribution in [1.82, 2.24) is 9.88 Å². The van der Waals surface area contributed by atoms with Crippen molar-refractivity contribution in [3.63, 3.8) is 0 Å². The van der Waals surface area contributed by atoms with Crippen LogP contribution < -0.4 is 0 Å². The van der Waals surface area contributed by atoms with Crippen LogP contribution >= 0.6 is 0 Å². The molecule has 1 aromatic heterocycles. The Labute approximate surface area is 141 Å². The Hall–Kier alpha value is -2.27. The molecular weight excluding hydrogens is 307 g/mol. The van der Waals surface area contributed by atoms with Crippen molar-refractivity contribution in [1.29, 1.82) is 0 Å². The SMILES string of the molecule is O=C(CCc1cccnc1)N1CCO[C@H](Cc2ccc(F)cc2)C1. The molecule has 24 heavy (non-hydrogen) atoms. The molecule has 0 saturated carbocycles. The van der Waals surface area contributed by atoms with Gasteiger partial charge in [-0.1, -0.05) is 18.2 Å². The summed E-state index contributed by atoms with van der Waals surface area (Å²) < 4.78 is 18.7. The van der Waals surface area contributed by atoms with Crippen LogP contribution in [0.2, 0.25) is 0 Å². The molecule has 0 bridgehead atoms. The number of morpholine rings is 1. The van der Waals surface area contributed by atoms with Gasteiger partial charge in [-0.2, -0.15) is 0 Å². The predicted molar refractivity (Wildman–Crippen MR) is 89.0 cm³/mol. The molecule has 0 spiro atoms. The van der Waals surface area contributed by atoms with Crippen LogP contribution in [0.4, 0.5) is 4.39 Å². The monoisotopic (exact) mass is 328 g/mol. The van der Waals surface area contributed by atoms with Gasteiger partial charge in [0.2, 0.25) is 5.91 Å². The second kappa shape index (κ2) is 8.02. The van der Waals surface area contributed by atoms with Crippen molar-refractivity contribution in [2.24, 2.45) is 0 Å². The molecule has 126 valence electrons. The first-order valence-electron chi connectivity index (χ1n) is 8.23. The Kier molecular flexibility index (Phi) is 5.54. The molecule has 1 amide bonds. The molecule has 2 aromatic rings. The fourth-order valence-electron chi connectivity index (χ4n) is 2.91. The maximum Gasteiger partial charge on any atom is 0.223 e. The number of amides is 1. The van der Waals surface area contributed by atoms with Crippen LogP contribution in [-0.2, 0) is 22.4 Å². The number of rotatable bonds is 5. The van der Waals surface area contributed by atoms with Gasteiger partial charge in [-0.15, -0.1) is 0 Å². The third-order valence-electron chi connectivity index (χ3n) is 4.22. The molecule has 1 atom stereocenters. The lowest BCUT2D eigenvalue weighted by Gasteiger charge is -2.33. The van der Waals surface area contributed by atoms with Gasteiger partial charge in [0, 0.05) is 38.3 Å². The number of hydrogen-bond donors (Lipinski definition) is 0. The first-order chi connectivity index (χ1) is 11.7. The number of ether oxygens (including phenoxy) is 1. The summed E-state index contributed by atoms with van der Waals surface area (Å²) in [6.45, 7) is 1.76. The van der Waals surface area contributed by atoms with E-state index >= 15 is 0 Å². The van der Waals surface area contributed by atoms with Crippen LogP contribution in [0.1, 0.15) is 17.5 Å². The van der Waals surface area contributed by atoms with Gasteiger partial charge in [0.1, 0.15) is 5.82 Å². The number of pyridine rings is 1. The molecule has 4 nitrogen and oxygen atoms in total. The van der Waals surface area contributed by atoms with E-state index in [4.69, 9.17) is 4.74 Å². The lowest BCUT2D eigenvalue weighted by atomic mass is 10.1. The standard InChI is InChI=1S/C19H21FN2O2/c20-17-6-3-15(4-7-17)12-18-14-22(10-11-24-18)19(23)8-5-16-2-1-9-21-13-16/h1-4,6-7,9,13,18H,5,8,10-12,14H2/t18-/m1/s1. The summed E-state index contributed by atoms with van der Waals surface area (Å²) in [5.41, 5.74) is 2.09. The first kappa shape index (κ1) is 16.6. The fraction of sp³-hybridized carbons (Fsp3) is 0.368. The maximum absolute atomic E-state index is 13.0. The van der Waals surface area contributed by atoms with Gasteiger partial charge in [0.25, 0.3) is 0 Å². The van der Waals surface area contributed by atoms with Gasteiger partial charge in [-0.25, -0.2) is 4.39 Å². The number of carbonyl (C=O) groups is 1. The highest BCUT2D eigenvalue weighted by atomic mass is 19.1. The smallest absolute Gasteiger partial charge is 0.223 e. The van der Waals surface area contributed by atoms with Gasteiger partial charge in [-0.3, -0.25) is 9.78 Å². The van der Waals surface area contributed by atoms with Crippen LogP contribution in [0.3, 0.4) is 0 Å². The third kappa shape index (κ3) is 4.61. The highest BCUT2D eigenvalue weighted by molar-refractivity contribution is 5.76. The van der Waals surface area contributed by atoms with E-state index in [2.05, 4.69) is 4.98 Å². The summed E-state index contributed by atoms with van der Waals surface area (Å²) in [5.74, 6) is -0.0956. The number of hydrogen-bond acceptors (Lipinski definition) is 3. The average molecular weight is 328 g/mol.